The number of hydrogen-bond acceptors (Lipinski definition) is 4. The van der Waals surface area contributed by atoms with Crippen LogP contribution in [0.1, 0.15) is 5.56 Å². The van der Waals surface area contributed by atoms with Gasteiger partial charge in [0.2, 0.25) is 0 Å². The van der Waals surface area contributed by atoms with Crippen molar-refractivity contribution >= 4 is 27.3 Å². The first-order chi connectivity index (χ1) is 8.53. The van der Waals surface area contributed by atoms with E-state index in [9.17, 15) is 8.42 Å². The summed E-state index contributed by atoms with van der Waals surface area (Å²) < 4.78 is 26.0. The highest BCUT2D eigenvalue weighted by atomic mass is 35.5. The number of nitrogens with one attached hydrogen (secondary N) is 2. The minimum absolute atomic E-state index is 0.0593. The van der Waals surface area contributed by atoms with E-state index in [0.29, 0.717) is 0 Å². The number of nitriles is 1. The molecule has 1 aromatic carbocycles. The quantitative estimate of drug-likeness (QED) is 0.895. The number of anilines is 1. The van der Waals surface area contributed by atoms with Crippen molar-refractivity contribution in [2.24, 2.45) is 0 Å². The lowest BCUT2D eigenvalue weighted by molar-refractivity contribution is 0.597. The topological polar surface area (TPSA) is 98.6 Å². The van der Waals surface area contributed by atoms with Crippen LogP contribution in [0.4, 0.5) is 5.69 Å². The first-order valence-corrected chi connectivity index (χ1v) is 6.61. The average Bonchev–Trinajstić information content (AvgIpc) is 2.85. The molecule has 0 saturated heterocycles. The number of nitrogens with zero attached hydrogens (tertiary/aromatic N) is 2. The second kappa shape index (κ2) is 4.68. The van der Waals surface area contributed by atoms with Crippen LogP contribution in [0.5, 0.6) is 0 Å². The largest absolute Gasteiger partial charge is 0.278 e. The average molecular weight is 283 g/mol. The summed E-state index contributed by atoms with van der Waals surface area (Å²) in [7, 11) is -3.73. The molecule has 0 saturated carbocycles. The van der Waals surface area contributed by atoms with Crippen LogP contribution in [0.2, 0.25) is 5.02 Å². The maximum absolute atomic E-state index is 11.8. The Kier molecular flexibility index (Phi) is 3.23. The van der Waals surface area contributed by atoms with E-state index in [4.69, 9.17) is 16.9 Å². The monoisotopic (exact) mass is 282 g/mol. The Labute approximate surface area is 108 Å². The summed E-state index contributed by atoms with van der Waals surface area (Å²) in [5.74, 6) is 0. The van der Waals surface area contributed by atoms with E-state index in [1.807, 2.05) is 6.07 Å². The van der Waals surface area contributed by atoms with E-state index in [-0.39, 0.29) is 21.3 Å². The van der Waals surface area contributed by atoms with Crippen molar-refractivity contribution in [2.75, 3.05) is 4.72 Å². The van der Waals surface area contributed by atoms with E-state index in [2.05, 4.69) is 14.9 Å². The SMILES string of the molecule is N#Cc1cc(NS(=O)(=O)c2ccn[nH]2)ccc1Cl. The van der Waals surface area contributed by atoms with Crippen LogP contribution in [0.25, 0.3) is 0 Å². The van der Waals surface area contributed by atoms with Crippen LogP contribution >= 0.6 is 11.6 Å². The van der Waals surface area contributed by atoms with Gasteiger partial charge >= 0.3 is 0 Å². The second-order valence-electron chi connectivity index (χ2n) is 3.33. The molecule has 18 heavy (non-hydrogen) atoms. The molecule has 1 aromatic heterocycles. The molecule has 0 atom stereocenters. The lowest BCUT2D eigenvalue weighted by atomic mass is 10.2. The fraction of sp³-hybridized carbons (Fsp3) is 0. The van der Waals surface area contributed by atoms with Crippen LogP contribution in [-0.4, -0.2) is 18.6 Å². The molecule has 8 heteroatoms. The van der Waals surface area contributed by atoms with Gasteiger partial charge < -0.3 is 0 Å². The van der Waals surface area contributed by atoms with Crippen molar-refractivity contribution in [1.29, 1.82) is 5.26 Å². The van der Waals surface area contributed by atoms with Crippen molar-refractivity contribution in [3.05, 3.63) is 41.0 Å². The molecule has 0 fully saturated rings. The van der Waals surface area contributed by atoms with Crippen molar-refractivity contribution in [1.82, 2.24) is 10.2 Å². The van der Waals surface area contributed by atoms with Crippen LogP contribution in [0.15, 0.2) is 35.5 Å². The van der Waals surface area contributed by atoms with Gasteiger partial charge in [-0.05, 0) is 24.3 Å². The van der Waals surface area contributed by atoms with E-state index < -0.39 is 10.0 Å². The molecule has 2 N–H and O–H groups in total. The van der Waals surface area contributed by atoms with Gasteiger partial charge in [0.05, 0.1) is 22.5 Å². The van der Waals surface area contributed by atoms with E-state index in [1.54, 1.807) is 0 Å². The van der Waals surface area contributed by atoms with Gasteiger partial charge in [0.25, 0.3) is 10.0 Å². The lowest BCUT2D eigenvalue weighted by Crippen LogP contribution is -2.13. The zero-order valence-electron chi connectivity index (χ0n) is 8.88. The molecular weight excluding hydrogens is 276 g/mol. The third-order valence-electron chi connectivity index (χ3n) is 2.10. The number of halogens is 1. The first-order valence-electron chi connectivity index (χ1n) is 4.75. The molecule has 2 rings (SSSR count). The van der Waals surface area contributed by atoms with Crippen molar-refractivity contribution in [2.45, 2.75) is 5.03 Å². The smallest absolute Gasteiger partial charge is 0.278 e. The van der Waals surface area contributed by atoms with E-state index in [1.165, 1.54) is 30.5 Å². The fourth-order valence-corrected chi connectivity index (χ4v) is 2.40. The van der Waals surface area contributed by atoms with Gasteiger partial charge in [-0.25, -0.2) is 0 Å². The van der Waals surface area contributed by atoms with Crippen LogP contribution < -0.4 is 4.72 Å². The normalized spacial score (nSPS) is 10.9. The molecule has 0 bridgehead atoms. The zero-order valence-corrected chi connectivity index (χ0v) is 10.5. The highest BCUT2D eigenvalue weighted by molar-refractivity contribution is 7.92. The van der Waals surface area contributed by atoms with Crippen molar-refractivity contribution in [3.63, 3.8) is 0 Å². The minimum atomic E-state index is -3.73. The second-order valence-corrected chi connectivity index (χ2v) is 5.39. The number of rotatable bonds is 3. The minimum Gasteiger partial charge on any atom is -0.278 e. The van der Waals surface area contributed by atoms with Gasteiger partial charge in [-0.3, -0.25) is 9.82 Å². The van der Waals surface area contributed by atoms with Gasteiger partial charge in [0, 0.05) is 0 Å². The summed E-state index contributed by atoms with van der Waals surface area (Å²) in [5.41, 5.74) is 0.451. The van der Waals surface area contributed by atoms with Gasteiger partial charge in [-0.15, -0.1) is 0 Å². The van der Waals surface area contributed by atoms with Crippen molar-refractivity contribution < 1.29 is 8.42 Å². The predicted molar refractivity (Wildman–Crippen MR) is 65.6 cm³/mol. The number of benzene rings is 1. The Morgan fingerprint density at radius 3 is 2.78 bits per heavy atom. The number of H-pyrrole nitrogens is 1. The van der Waals surface area contributed by atoms with Gasteiger partial charge in [0.1, 0.15) is 6.07 Å². The number of aromatic nitrogens is 2. The molecule has 0 radical (unpaired) electrons. The van der Waals surface area contributed by atoms with Gasteiger partial charge in [0.15, 0.2) is 5.03 Å². The molecular formula is C10H7ClN4O2S. The lowest BCUT2D eigenvalue weighted by Gasteiger charge is -2.06. The Bertz CT molecular complexity index is 704. The fourth-order valence-electron chi connectivity index (χ4n) is 1.28. The number of sulfonamides is 1. The van der Waals surface area contributed by atoms with Crippen LogP contribution in [0.3, 0.4) is 0 Å². The van der Waals surface area contributed by atoms with Gasteiger partial charge in [-0.1, -0.05) is 11.6 Å². The summed E-state index contributed by atoms with van der Waals surface area (Å²) in [6, 6.07) is 7.47. The highest BCUT2D eigenvalue weighted by Crippen LogP contribution is 2.21. The Morgan fingerprint density at radius 1 is 1.39 bits per heavy atom. The number of hydrogen-bond donors (Lipinski definition) is 2. The highest BCUT2D eigenvalue weighted by Gasteiger charge is 2.15. The van der Waals surface area contributed by atoms with Crippen molar-refractivity contribution in [3.8, 4) is 6.07 Å². The Morgan fingerprint density at radius 2 is 2.17 bits per heavy atom. The molecule has 0 amide bonds. The Hall–Kier alpha value is -2.04. The molecule has 0 aliphatic rings. The predicted octanol–water partition coefficient (Wildman–Crippen LogP) is 1.74. The summed E-state index contributed by atoms with van der Waals surface area (Å²) in [6.45, 7) is 0. The molecule has 2 aromatic rings. The standard InChI is InChI=1S/C10H7ClN4O2S/c11-9-2-1-8(5-7(9)6-12)15-18(16,17)10-3-4-13-14-10/h1-5,15H,(H,13,14). The van der Waals surface area contributed by atoms with Gasteiger partial charge in [-0.2, -0.15) is 18.8 Å². The summed E-state index contributed by atoms with van der Waals surface area (Å²) in [4.78, 5) is 0. The van der Waals surface area contributed by atoms with E-state index in [0.717, 1.165) is 0 Å². The molecule has 6 nitrogen and oxygen atoms in total. The number of aromatic amines is 1. The third kappa shape index (κ3) is 2.45. The molecule has 0 unspecified atom stereocenters. The summed E-state index contributed by atoms with van der Waals surface area (Å²) >= 11 is 5.75. The molecule has 92 valence electrons. The summed E-state index contributed by atoms with van der Waals surface area (Å²) in [6.07, 6.45) is 1.33. The molecule has 1 heterocycles. The van der Waals surface area contributed by atoms with Crippen LogP contribution in [-0.2, 0) is 10.0 Å². The first kappa shape index (κ1) is 12.4. The Balaban J connectivity index is 2.34. The maximum atomic E-state index is 11.8. The molecule has 0 spiro atoms. The third-order valence-corrected chi connectivity index (χ3v) is 3.74. The maximum Gasteiger partial charge on any atom is 0.278 e. The molecule has 0 aliphatic heterocycles. The summed E-state index contributed by atoms with van der Waals surface area (Å²) in [5, 5.41) is 14.9. The van der Waals surface area contributed by atoms with Crippen LogP contribution in [0, 0.1) is 11.3 Å². The zero-order chi connectivity index (χ0) is 13.2. The van der Waals surface area contributed by atoms with E-state index >= 15 is 0 Å². The molecule has 0 aliphatic carbocycles.